The van der Waals surface area contributed by atoms with Crippen molar-refractivity contribution in [1.29, 1.82) is 0 Å². The lowest BCUT2D eigenvalue weighted by Crippen LogP contribution is -2.30. The minimum absolute atomic E-state index is 0.0277. The zero-order valence-corrected chi connectivity index (χ0v) is 10.1. The van der Waals surface area contributed by atoms with Gasteiger partial charge in [-0.3, -0.25) is 4.79 Å². The molecular weight excluding hydrogens is 256 g/mol. The molecule has 1 aromatic carbocycles. The Labute approximate surface area is 109 Å². The summed E-state index contributed by atoms with van der Waals surface area (Å²) in [5, 5.41) is 11.8. The monoisotopic (exact) mass is 266 g/mol. The number of anilines is 1. The van der Waals surface area contributed by atoms with Crippen LogP contribution in [0, 0.1) is 12.3 Å². The third-order valence-electron chi connectivity index (χ3n) is 2.21. The molecule has 0 saturated heterocycles. The molecule has 0 spiro atoms. The molecule has 0 radical (unpaired) electrons. The van der Waals surface area contributed by atoms with E-state index in [2.05, 4.69) is 11.2 Å². The van der Waals surface area contributed by atoms with E-state index in [1.807, 2.05) is 0 Å². The quantitative estimate of drug-likeness (QED) is 0.701. The maximum atomic E-state index is 11.3. The van der Waals surface area contributed by atoms with Gasteiger partial charge in [-0.05, 0) is 12.1 Å². The summed E-state index contributed by atoms with van der Waals surface area (Å²) >= 11 is 5.84. The first-order chi connectivity index (χ1) is 8.47. The van der Waals surface area contributed by atoms with Gasteiger partial charge in [0.15, 0.2) is 0 Å². The normalized spacial score (nSPS) is 11.3. The number of hydrogen-bond acceptors (Lipinski definition) is 3. The fraction of sp³-hybridized carbons (Fsp3) is 0.167. The van der Waals surface area contributed by atoms with Crippen molar-refractivity contribution in [1.82, 2.24) is 0 Å². The Hall–Kier alpha value is -2.19. The molecule has 94 valence electrons. The lowest BCUT2D eigenvalue weighted by atomic mass is 10.1. The molecule has 5 nitrogen and oxygen atoms in total. The Morgan fingerprint density at radius 1 is 1.56 bits per heavy atom. The molecule has 1 rings (SSSR count). The molecule has 1 aromatic rings. The zero-order valence-electron chi connectivity index (χ0n) is 9.31. The van der Waals surface area contributed by atoms with Gasteiger partial charge in [0.25, 0.3) is 5.91 Å². The van der Waals surface area contributed by atoms with Gasteiger partial charge < -0.3 is 16.2 Å². The smallest absolute Gasteiger partial charge is 0.327 e. The number of amides is 1. The van der Waals surface area contributed by atoms with E-state index in [4.69, 9.17) is 28.9 Å². The number of nitrogens with two attached hydrogens (primary N) is 1. The first-order valence-corrected chi connectivity index (χ1v) is 5.36. The highest BCUT2D eigenvalue weighted by Crippen LogP contribution is 2.24. The average Bonchev–Trinajstić information content (AvgIpc) is 2.27. The van der Waals surface area contributed by atoms with Crippen molar-refractivity contribution in [2.45, 2.75) is 12.5 Å². The maximum absolute atomic E-state index is 11.3. The van der Waals surface area contributed by atoms with Crippen LogP contribution in [0.15, 0.2) is 18.2 Å². The summed E-state index contributed by atoms with van der Waals surface area (Å²) in [5.74, 6) is 0.376. The summed E-state index contributed by atoms with van der Waals surface area (Å²) in [7, 11) is 0. The summed E-state index contributed by atoms with van der Waals surface area (Å²) in [6, 6.07) is 3.57. The van der Waals surface area contributed by atoms with E-state index in [9.17, 15) is 9.59 Å². The lowest BCUT2D eigenvalue weighted by Gasteiger charge is -2.16. The van der Waals surface area contributed by atoms with Crippen LogP contribution >= 0.6 is 11.6 Å². The number of rotatable bonds is 5. The third kappa shape index (κ3) is 3.15. The molecule has 0 heterocycles. The highest BCUT2D eigenvalue weighted by atomic mass is 35.5. The number of benzene rings is 1. The Bertz CT molecular complexity index is 523. The second-order valence-electron chi connectivity index (χ2n) is 3.47. The summed E-state index contributed by atoms with van der Waals surface area (Å²) in [5.41, 5.74) is 5.48. The highest BCUT2D eigenvalue weighted by Gasteiger charge is 2.20. The Kier molecular flexibility index (Phi) is 4.58. The van der Waals surface area contributed by atoms with Crippen LogP contribution in [0.3, 0.4) is 0 Å². The minimum atomic E-state index is -1.12. The van der Waals surface area contributed by atoms with Crippen molar-refractivity contribution in [3.05, 3.63) is 28.8 Å². The van der Waals surface area contributed by atoms with Crippen LogP contribution in [0.25, 0.3) is 0 Å². The topological polar surface area (TPSA) is 92.4 Å². The zero-order chi connectivity index (χ0) is 13.7. The molecule has 0 fully saturated rings. The molecule has 0 bridgehead atoms. The summed E-state index contributed by atoms with van der Waals surface area (Å²) in [6.07, 6.45) is 5.05. The maximum Gasteiger partial charge on any atom is 0.327 e. The van der Waals surface area contributed by atoms with E-state index >= 15 is 0 Å². The van der Waals surface area contributed by atoms with Gasteiger partial charge in [0.1, 0.15) is 6.04 Å². The Balaban J connectivity index is 3.10. The van der Waals surface area contributed by atoms with Gasteiger partial charge in [-0.25, -0.2) is 4.79 Å². The number of primary amides is 1. The van der Waals surface area contributed by atoms with Gasteiger partial charge in [-0.2, -0.15) is 0 Å². The number of terminal acetylenes is 1. The van der Waals surface area contributed by atoms with Crippen LogP contribution < -0.4 is 11.1 Å². The molecule has 6 heteroatoms. The third-order valence-corrected chi connectivity index (χ3v) is 2.52. The van der Waals surface area contributed by atoms with Crippen LogP contribution in [0.2, 0.25) is 5.02 Å². The predicted molar refractivity (Wildman–Crippen MR) is 68.5 cm³/mol. The van der Waals surface area contributed by atoms with E-state index in [0.717, 1.165) is 0 Å². The van der Waals surface area contributed by atoms with E-state index in [-0.39, 0.29) is 22.7 Å². The number of carboxylic acids is 1. The molecule has 1 unspecified atom stereocenters. The highest BCUT2D eigenvalue weighted by molar-refractivity contribution is 6.34. The molecule has 0 aliphatic heterocycles. The predicted octanol–water partition coefficient (Wildman–Crippen LogP) is 1.33. The number of aliphatic carboxylic acids is 1. The summed E-state index contributed by atoms with van der Waals surface area (Å²) in [4.78, 5) is 22.2. The number of halogens is 1. The summed E-state index contributed by atoms with van der Waals surface area (Å²) < 4.78 is 0. The summed E-state index contributed by atoms with van der Waals surface area (Å²) in [6.45, 7) is 0. The van der Waals surface area contributed by atoms with Crippen molar-refractivity contribution in [2.75, 3.05) is 5.32 Å². The van der Waals surface area contributed by atoms with Gasteiger partial charge in [0, 0.05) is 12.1 Å². The van der Waals surface area contributed by atoms with Gasteiger partial charge in [0.2, 0.25) is 0 Å². The second-order valence-corrected chi connectivity index (χ2v) is 3.88. The van der Waals surface area contributed by atoms with E-state index < -0.39 is 17.9 Å². The largest absolute Gasteiger partial charge is 0.480 e. The number of carboxylic acid groups (broad SMARTS) is 1. The van der Waals surface area contributed by atoms with Crippen LogP contribution in [-0.4, -0.2) is 23.0 Å². The Morgan fingerprint density at radius 3 is 2.72 bits per heavy atom. The molecule has 1 amide bonds. The molecule has 0 saturated carbocycles. The molecule has 18 heavy (non-hydrogen) atoms. The van der Waals surface area contributed by atoms with Crippen molar-refractivity contribution in [2.24, 2.45) is 5.73 Å². The van der Waals surface area contributed by atoms with Crippen LogP contribution in [0.4, 0.5) is 5.69 Å². The average molecular weight is 267 g/mol. The Morgan fingerprint density at radius 2 is 2.22 bits per heavy atom. The standard InChI is InChI=1S/C12H11ClN2O3/c1-2-4-9(12(17)18)15-8-6-3-5-7(13)10(8)11(14)16/h1,3,5-6,9,15H,4H2,(H2,14,16)(H,17,18). The minimum Gasteiger partial charge on any atom is -0.480 e. The number of carbonyl (C=O) groups is 2. The molecule has 0 aliphatic rings. The second kappa shape index (κ2) is 5.94. The number of carbonyl (C=O) groups excluding carboxylic acids is 1. The van der Waals surface area contributed by atoms with Gasteiger partial charge in [-0.15, -0.1) is 12.3 Å². The fourth-order valence-corrected chi connectivity index (χ4v) is 1.67. The molecular formula is C12H11ClN2O3. The van der Waals surface area contributed by atoms with Crippen molar-refractivity contribution in [3.8, 4) is 12.3 Å². The van der Waals surface area contributed by atoms with Crippen molar-refractivity contribution >= 4 is 29.2 Å². The van der Waals surface area contributed by atoms with Crippen LogP contribution in [0.5, 0.6) is 0 Å². The van der Waals surface area contributed by atoms with E-state index in [1.165, 1.54) is 12.1 Å². The van der Waals surface area contributed by atoms with Gasteiger partial charge >= 0.3 is 5.97 Å². The first-order valence-electron chi connectivity index (χ1n) is 4.98. The van der Waals surface area contributed by atoms with Crippen LogP contribution in [0.1, 0.15) is 16.8 Å². The molecule has 4 N–H and O–H groups in total. The van der Waals surface area contributed by atoms with Gasteiger partial charge in [0.05, 0.1) is 10.6 Å². The SMILES string of the molecule is C#CCC(Nc1cccc(Cl)c1C(N)=O)C(=O)O. The fourth-order valence-electron chi connectivity index (χ4n) is 1.40. The van der Waals surface area contributed by atoms with Crippen molar-refractivity contribution in [3.63, 3.8) is 0 Å². The van der Waals surface area contributed by atoms with Crippen LogP contribution in [-0.2, 0) is 4.79 Å². The first kappa shape index (κ1) is 13.9. The lowest BCUT2D eigenvalue weighted by molar-refractivity contribution is -0.137. The number of hydrogen-bond donors (Lipinski definition) is 3. The molecule has 0 aliphatic carbocycles. The number of nitrogens with one attached hydrogen (secondary N) is 1. The molecule has 0 aromatic heterocycles. The van der Waals surface area contributed by atoms with E-state index in [0.29, 0.717) is 0 Å². The van der Waals surface area contributed by atoms with Gasteiger partial charge in [-0.1, -0.05) is 17.7 Å². The van der Waals surface area contributed by atoms with E-state index in [1.54, 1.807) is 6.07 Å². The van der Waals surface area contributed by atoms with Crippen molar-refractivity contribution < 1.29 is 14.7 Å². The molecule has 1 atom stereocenters.